The molecule has 0 aliphatic rings. The largest absolute Gasteiger partial charge is 0.302 e. The normalized spacial score (nSPS) is 11.2. The zero-order chi connectivity index (χ0) is 14.3. The van der Waals surface area contributed by atoms with E-state index in [-0.39, 0.29) is 0 Å². The van der Waals surface area contributed by atoms with Crippen molar-refractivity contribution in [3.8, 4) is 11.3 Å². The van der Waals surface area contributed by atoms with Crippen LogP contribution in [0.15, 0.2) is 36.5 Å². The van der Waals surface area contributed by atoms with E-state index in [4.69, 9.17) is 16.6 Å². The van der Waals surface area contributed by atoms with Gasteiger partial charge in [0.15, 0.2) is 0 Å². The van der Waals surface area contributed by atoms with Gasteiger partial charge in [0.2, 0.25) is 0 Å². The van der Waals surface area contributed by atoms with Crippen molar-refractivity contribution in [2.24, 2.45) is 0 Å². The molecule has 20 heavy (non-hydrogen) atoms. The summed E-state index contributed by atoms with van der Waals surface area (Å²) in [6.45, 7) is 6.30. The molecule has 0 aliphatic heterocycles. The average Bonchev–Trinajstić information content (AvgIpc) is 2.75. The number of aromatic nitrogens is 2. The monoisotopic (exact) mass is 284 g/mol. The Hall–Kier alpha value is -1.80. The second kappa shape index (κ2) is 4.95. The first kappa shape index (κ1) is 13.2. The predicted octanol–water partition coefficient (Wildman–Crippen LogP) is 4.67. The van der Waals surface area contributed by atoms with Crippen LogP contribution in [0.5, 0.6) is 0 Å². The summed E-state index contributed by atoms with van der Waals surface area (Å²) in [6.07, 6.45) is 2.04. The standard InChI is InChI=1S/C17H17ClN2/c1-11-4-5-14(13(3)8-11)17-15(10-18)20-7-6-12(2)9-16(20)19-17/h4-9H,10H2,1-3H3. The van der Waals surface area contributed by atoms with Crippen LogP contribution in [0.3, 0.4) is 0 Å². The molecule has 0 saturated heterocycles. The molecule has 102 valence electrons. The van der Waals surface area contributed by atoms with Crippen LogP contribution >= 0.6 is 11.6 Å². The Bertz CT molecular complexity index is 787. The summed E-state index contributed by atoms with van der Waals surface area (Å²) in [4.78, 5) is 4.78. The van der Waals surface area contributed by atoms with Crippen LogP contribution in [0, 0.1) is 20.8 Å². The molecule has 2 heterocycles. The van der Waals surface area contributed by atoms with Gasteiger partial charge >= 0.3 is 0 Å². The van der Waals surface area contributed by atoms with Gasteiger partial charge in [0.05, 0.1) is 17.3 Å². The number of imidazole rings is 1. The van der Waals surface area contributed by atoms with Crippen LogP contribution in [-0.2, 0) is 5.88 Å². The Morgan fingerprint density at radius 1 is 1.05 bits per heavy atom. The molecule has 0 atom stereocenters. The van der Waals surface area contributed by atoms with Crippen LogP contribution in [0.1, 0.15) is 22.4 Å². The van der Waals surface area contributed by atoms with Crippen LogP contribution in [-0.4, -0.2) is 9.38 Å². The Labute approximate surface area is 124 Å². The highest BCUT2D eigenvalue weighted by atomic mass is 35.5. The molecule has 0 saturated carbocycles. The summed E-state index contributed by atoms with van der Waals surface area (Å²) in [5.41, 5.74) is 7.85. The molecule has 0 fully saturated rings. The van der Waals surface area contributed by atoms with Crippen LogP contribution in [0.4, 0.5) is 0 Å². The fourth-order valence-electron chi connectivity index (χ4n) is 2.62. The van der Waals surface area contributed by atoms with Gasteiger partial charge in [-0.1, -0.05) is 23.8 Å². The number of hydrogen-bond donors (Lipinski definition) is 0. The third kappa shape index (κ3) is 2.10. The van der Waals surface area contributed by atoms with Crippen molar-refractivity contribution in [3.05, 3.63) is 58.9 Å². The quantitative estimate of drug-likeness (QED) is 0.625. The van der Waals surface area contributed by atoms with Gasteiger partial charge in [0, 0.05) is 11.8 Å². The van der Waals surface area contributed by atoms with E-state index in [1.165, 1.54) is 16.7 Å². The van der Waals surface area contributed by atoms with E-state index >= 15 is 0 Å². The van der Waals surface area contributed by atoms with Gasteiger partial charge in [-0.3, -0.25) is 0 Å². The van der Waals surface area contributed by atoms with Crippen LogP contribution in [0.2, 0.25) is 0 Å². The van der Waals surface area contributed by atoms with E-state index in [9.17, 15) is 0 Å². The molecule has 0 N–H and O–H groups in total. The van der Waals surface area contributed by atoms with Gasteiger partial charge in [0.25, 0.3) is 0 Å². The second-order valence-corrected chi connectivity index (χ2v) is 5.56. The zero-order valence-corrected chi connectivity index (χ0v) is 12.7. The molecular weight excluding hydrogens is 268 g/mol. The lowest BCUT2D eigenvalue weighted by Crippen LogP contribution is -1.92. The summed E-state index contributed by atoms with van der Waals surface area (Å²) < 4.78 is 2.08. The van der Waals surface area contributed by atoms with Gasteiger partial charge < -0.3 is 4.40 Å². The predicted molar refractivity (Wildman–Crippen MR) is 84.4 cm³/mol. The van der Waals surface area contributed by atoms with Gasteiger partial charge in [-0.05, 0) is 44.0 Å². The van der Waals surface area contributed by atoms with E-state index in [1.807, 2.05) is 6.20 Å². The Kier molecular flexibility index (Phi) is 3.27. The van der Waals surface area contributed by atoms with Gasteiger partial charge in [-0.15, -0.1) is 11.6 Å². The van der Waals surface area contributed by atoms with Gasteiger partial charge in [-0.25, -0.2) is 4.98 Å². The van der Waals surface area contributed by atoms with Crippen LogP contribution in [0.25, 0.3) is 16.9 Å². The number of fused-ring (bicyclic) bond motifs is 1. The minimum Gasteiger partial charge on any atom is -0.302 e. The Balaban J connectivity index is 2.30. The lowest BCUT2D eigenvalue weighted by atomic mass is 10.0. The van der Waals surface area contributed by atoms with E-state index in [0.29, 0.717) is 5.88 Å². The molecule has 0 bridgehead atoms. The van der Waals surface area contributed by atoms with Crippen molar-refractivity contribution >= 4 is 17.2 Å². The Morgan fingerprint density at radius 2 is 1.80 bits per heavy atom. The SMILES string of the molecule is Cc1ccc(-c2nc3cc(C)ccn3c2CCl)c(C)c1. The topological polar surface area (TPSA) is 17.3 Å². The number of aryl methyl sites for hydroxylation is 3. The first-order valence-electron chi connectivity index (χ1n) is 6.71. The zero-order valence-electron chi connectivity index (χ0n) is 11.9. The Morgan fingerprint density at radius 3 is 2.50 bits per heavy atom. The minimum absolute atomic E-state index is 0.451. The van der Waals surface area contributed by atoms with Crippen molar-refractivity contribution in [3.63, 3.8) is 0 Å². The maximum absolute atomic E-state index is 6.16. The van der Waals surface area contributed by atoms with Crippen molar-refractivity contribution < 1.29 is 0 Å². The number of pyridine rings is 1. The minimum atomic E-state index is 0.451. The van der Waals surface area contributed by atoms with Crippen LogP contribution < -0.4 is 0 Å². The number of hydrogen-bond acceptors (Lipinski definition) is 1. The molecule has 1 aromatic carbocycles. The fraction of sp³-hybridized carbons (Fsp3) is 0.235. The number of halogens is 1. The molecule has 3 aromatic rings. The average molecular weight is 285 g/mol. The maximum Gasteiger partial charge on any atom is 0.137 e. The molecule has 2 nitrogen and oxygen atoms in total. The smallest absolute Gasteiger partial charge is 0.137 e. The van der Waals surface area contributed by atoms with E-state index in [2.05, 4.69) is 55.5 Å². The first-order chi connectivity index (χ1) is 9.60. The summed E-state index contributed by atoms with van der Waals surface area (Å²) >= 11 is 6.16. The number of benzene rings is 1. The lowest BCUT2D eigenvalue weighted by molar-refractivity contribution is 1.08. The van der Waals surface area contributed by atoms with Crippen molar-refractivity contribution in [2.75, 3.05) is 0 Å². The number of alkyl halides is 1. The summed E-state index contributed by atoms with van der Waals surface area (Å²) in [6, 6.07) is 10.6. The molecule has 0 unspecified atom stereocenters. The molecule has 0 aliphatic carbocycles. The number of nitrogens with zero attached hydrogens (tertiary/aromatic N) is 2. The highest BCUT2D eigenvalue weighted by Gasteiger charge is 2.14. The molecule has 3 heteroatoms. The molecule has 2 aromatic heterocycles. The maximum atomic E-state index is 6.16. The van der Waals surface area contributed by atoms with Gasteiger partial charge in [0.1, 0.15) is 5.65 Å². The summed E-state index contributed by atoms with van der Waals surface area (Å²) in [5.74, 6) is 0.451. The fourth-order valence-corrected chi connectivity index (χ4v) is 2.88. The number of rotatable bonds is 2. The van der Waals surface area contributed by atoms with Crippen molar-refractivity contribution in [2.45, 2.75) is 26.7 Å². The first-order valence-corrected chi connectivity index (χ1v) is 7.25. The summed E-state index contributed by atoms with van der Waals surface area (Å²) in [7, 11) is 0. The molecular formula is C17H17ClN2. The third-order valence-electron chi connectivity index (χ3n) is 3.64. The highest BCUT2D eigenvalue weighted by Crippen LogP contribution is 2.29. The molecule has 0 spiro atoms. The third-order valence-corrected chi connectivity index (χ3v) is 3.90. The lowest BCUT2D eigenvalue weighted by Gasteiger charge is -2.06. The molecule has 0 amide bonds. The molecule has 3 rings (SSSR count). The van der Waals surface area contributed by atoms with E-state index < -0.39 is 0 Å². The van der Waals surface area contributed by atoms with E-state index in [0.717, 1.165) is 22.6 Å². The van der Waals surface area contributed by atoms with Gasteiger partial charge in [-0.2, -0.15) is 0 Å². The van der Waals surface area contributed by atoms with Crippen molar-refractivity contribution in [1.82, 2.24) is 9.38 Å². The second-order valence-electron chi connectivity index (χ2n) is 5.29. The summed E-state index contributed by atoms with van der Waals surface area (Å²) in [5, 5.41) is 0. The molecule has 0 radical (unpaired) electrons. The van der Waals surface area contributed by atoms with E-state index in [1.54, 1.807) is 0 Å². The van der Waals surface area contributed by atoms with Crippen molar-refractivity contribution in [1.29, 1.82) is 0 Å². The highest BCUT2D eigenvalue weighted by molar-refractivity contribution is 6.17.